The Balaban J connectivity index is 1.57. The van der Waals surface area contributed by atoms with Crippen LogP contribution in [0.25, 0.3) is 0 Å². The van der Waals surface area contributed by atoms with Crippen molar-refractivity contribution in [1.29, 1.82) is 0 Å². The van der Waals surface area contributed by atoms with Crippen molar-refractivity contribution in [2.45, 2.75) is 44.4 Å². The number of pyridine rings is 1. The smallest absolute Gasteiger partial charge is 0.0951 e. The third-order valence-electron chi connectivity index (χ3n) is 4.29. The van der Waals surface area contributed by atoms with E-state index in [0.717, 1.165) is 45.6 Å². The van der Waals surface area contributed by atoms with Crippen LogP contribution in [0, 0.1) is 6.92 Å². The Morgan fingerprint density at radius 3 is 3.21 bits per heavy atom. The van der Waals surface area contributed by atoms with Gasteiger partial charge in [-0.15, -0.1) is 0 Å². The summed E-state index contributed by atoms with van der Waals surface area (Å²) in [6.07, 6.45) is 6.98. The van der Waals surface area contributed by atoms with E-state index in [2.05, 4.69) is 23.3 Å². The molecule has 0 bridgehead atoms. The van der Waals surface area contributed by atoms with Gasteiger partial charge in [0, 0.05) is 44.6 Å². The van der Waals surface area contributed by atoms with Gasteiger partial charge in [0.05, 0.1) is 12.2 Å². The molecular weight excluding hydrogens is 240 g/mol. The first-order valence-corrected chi connectivity index (χ1v) is 7.12. The van der Waals surface area contributed by atoms with Gasteiger partial charge < -0.3 is 14.8 Å². The first-order chi connectivity index (χ1) is 9.27. The van der Waals surface area contributed by atoms with Crippen LogP contribution < -0.4 is 5.32 Å². The van der Waals surface area contributed by atoms with Gasteiger partial charge in [-0.1, -0.05) is 0 Å². The first kappa shape index (κ1) is 13.0. The number of rotatable bonds is 3. The summed E-state index contributed by atoms with van der Waals surface area (Å²) in [5, 5.41) is 3.65. The van der Waals surface area contributed by atoms with Gasteiger partial charge in [-0.3, -0.25) is 4.98 Å². The van der Waals surface area contributed by atoms with Crippen molar-refractivity contribution in [1.82, 2.24) is 10.3 Å². The van der Waals surface area contributed by atoms with E-state index in [9.17, 15) is 0 Å². The van der Waals surface area contributed by atoms with Crippen molar-refractivity contribution in [2.24, 2.45) is 0 Å². The average Bonchev–Trinajstić information content (AvgIpc) is 2.86. The standard InChI is InChI=1S/C15H22N2O2/c1-12-2-5-16-9-13(12)10-17-14-3-6-19-15(8-14)4-7-18-11-15/h2,5,9,14,17H,3-4,6-8,10-11H2,1H3. The van der Waals surface area contributed by atoms with Gasteiger partial charge in [-0.2, -0.15) is 0 Å². The molecule has 4 heteroatoms. The van der Waals surface area contributed by atoms with Gasteiger partial charge in [0.25, 0.3) is 0 Å². The Morgan fingerprint density at radius 1 is 1.47 bits per heavy atom. The fourth-order valence-electron chi connectivity index (χ4n) is 3.00. The van der Waals surface area contributed by atoms with Crippen LogP contribution in [0.4, 0.5) is 0 Å². The normalized spacial score (nSPS) is 30.9. The maximum absolute atomic E-state index is 5.96. The predicted molar refractivity (Wildman–Crippen MR) is 73.0 cm³/mol. The number of nitrogens with one attached hydrogen (secondary N) is 1. The third kappa shape index (κ3) is 2.96. The van der Waals surface area contributed by atoms with Crippen molar-refractivity contribution in [2.75, 3.05) is 19.8 Å². The molecule has 19 heavy (non-hydrogen) atoms. The summed E-state index contributed by atoms with van der Waals surface area (Å²) in [6, 6.07) is 2.59. The van der Waals surface area contributed by atoms with Crippen LogP contribution in [0.2, 0.25) is 0 Å². The van der Waals surface area contributed by atoms with E-state index in [0.29, 0.717) is 6.04 Å². The van der Waals surface area contributed by atoms with E-state index in [1.54, 1.807) is 0 Å². The van der Waals surface area contributed by atoms with Gasteiger partial charge >= 0.3 is 0 Å². The average molecular weight is 262 g/mol. The quantitative estimate of drug-likeness (QED) is 0.902. The number of hydrogen-bond acceptors (Lipinski definition) is 4. The molecule has 0 amide bonds. The van der Waals surface area contributed by atoms with Crippen molar-refractivity contribution in [3.8, 4) is 0 Å². The second-order valence-corrected chi connectivity index (χ2v) is 5.71. The van der Waals surface area contributed by atoms with Crippen LogP contribution in [0.3, 0.4) is 0 Å². The molecule has 2 aliphatic heterocycles. The van der Waals surface area contributed by atoms with Gasteiger partial charge in [0.15, 0.2) is 0 Å². The molecule has 2 saturated heterocycles. The molecule has 1 aromatic rings. The Bertz CT molecular complexity index is 430. The fourth-order valence-corrected chi connectivity index (χ4v) is 3.00. The Hall–Kier alpha value is -0.970. The highest BCUT2D eigenvalue weighted by Crippen LogP contribution is 2.32. The number of ether oxygens (including phenoxy) is 2. The zero-order chi connectivity index (χ0) is 13.1. The van der Waals surface area contributed by atoms with Crippen LogP contribution in [-0.2, 0) is 16.0 Å². The van der Waals surface area contributed by atoms with Crippen LogP contribution in [0.15, 0.2) is 18.5 Å². The van der Waals surface area contributed by atoms with E-state index < -0.39 is 0 Å². The van der Waals surface area contributed by atoms with Crippen molar-refractivity contribution >= 4 is 0 Å². The van der Waals surface area contributed by atoms with Crippen molar-refractivity contribution < 1.29 is 9.47 Å². The molecule has 104 valence electrons. The topological polar surface area (TPSA) is 43.4 Å². The molecule has 0 radical (unpaired) electrons. The van der Waals surface area contributed by atoms with E-state index in [1.807, 2.05) is 12.4 Å². The zero-order valence-corrected chi connectivity index (χ0v) is 11.5. The predicted octanol–water partition coefficient (Wildman–Crippen LogP) is 1.82. The highest BCUT2D eigenvalue weighted by Gasteiger charge is 2.40. The Kier molecular flexibility index (Phi) is 3.82. The van der Waals surface area contributed by atoms with Crippen LogP contribution >= 0.6 is 0 Å². The number of nitrogens with zero attached hydrogens (tertiary/aromatic N) is 1. The third-order valence-corrected chi connectivity index (χ3v) is 4.29. The SMILES string of the molecule is Cc1ccncc1CNC1CCOC2(CCOC2)C1. The van der Waals surface area contributed by atoms with E-state index in [4.69, 9.17) is 9.47 Å². The molecule has 3 heterocycles. The molecule has 0 aromatic carbocycles. The first-order valence-electron chi connectivity index (χ1n) is 7.12. The van der Waals surface area contributed by atoms with Crippen LogP contribution in [0.1, 0.15) is 30.4 Å². The second-order valence-electron chi connectivity index (χ2n) is 5.71. The van der Waals surface area contributed by atoms with Crippen molar-refractivity contribution in [3.05, 3.63) is 29.6 Å². The van der Waals surface area contributed by atoms with E-state index >= 15 is 0 Å². The lowest BCUT2D eigenvalue weighted by Gasteiger charge is -2.37. The molecule has 3 rings (SSSR count). The van der Waals surface area contributed by atoms with Crippen molar-refractivity contribution in [3.63, 3.8) is 0 Å². The summed E-state index contributed by atoms with van der Waals surface area (Å²) in [5.41, 5.74) is 2.57. The lowest BCUT2D eigenvalue weighted by Crippen LogP contribution is -2.47. The van der Waals surface area contributed by atoms with Gasteiger partial charge in [0.1, 0.15) is 0 Å². The highest BCUT2D eigenvalue weighted by molar-refractivity contribution is 5.21. The summed E-state index contributed by atoms with van der Waals surface area (Å²) in [7, 11) is 0. The van der Waals surface area contributed by atoms with E-state index in [-0.39, 0.29) is 5.60 Å². The molecular formula is C15H22N2O2. The minimum absolute atomic E-state index is 0.0140. The summed E-state index contributed by atoms with van der Waals surface area (Å²) in [5.74, 6) is 0. The summed E-state index contributed by atoms with van der Waals surface area (Å²) >= 11 is 0. The van der Waals surface area contributed by atoms with Crippen LogP contribution in [-0.4, -0.2) is 36.4 Å². The summed E-state index contributed by atoms with van der Waals surface area (Å²) in [6.45, 7) is 5.47. The van der Waals surface area contributed by atoms with Crippen LogP contribution in [0.5, 0.6) is 0 Å². The number of hydrogen-bond donors (Lipinski definition) is 1. The van der Waals surface area contributed by atoms with Gasteiger partial charge in [-0.05, 0) is 37.0 Å². The van der Waals surface area contributed by atoms with Gasteiger partial charge in [0.2, 0.25) is 0 Å². The zero-order valence-electron chi connectivity index (χ0n) is 11.5. The highest BCUT2D eigenvalue weighted by atomic mass is 16.6. The molecule has 2 fully saturated rings. The molecule has 2 atom stereocenters. The number of aryl methyl sites for hydroxylation is 1. The second kappa shape index (κ2) is 5.57. The lowest BCUT2D eigenvalue weighted by atomic mass is 9.89. The Morgan fingerprint density at radius 2 is 2.42 bits per heavy atom. The maximum atomic E-state index is 5.96. The number of aromatic nitrogens is 1. The summed E-state index contributed by atoms with van der Waals surface area (Å²) < 4.78 is 11.5. The summed E-state index contributed by atoms with van der Waals surface area (Å²) in [4.78, 5) is 4.20. The maximum Gasteiger partial charge on any atom is 0.0951 e. The monoisotopic (exact) mass is 262 g/mol. The molecule has 2 aliphatic rings. The largest absolute Gasteiger partial charge is 0.378 e. The molecule has 4 nitrogen and oxygen atoms in total. The molecule has 1 spiro atoms. The fraction of sp³-hybridized carbons (Fsp3) is 0.667. The molecule has 1 N–H and O–H groups in total. The van der Waals surface area contributed by atoms with Gasteiger partial charge in [-0.25, -0.2) is 0 Å². The molecule has 2 unspecified atom stereocenters. The molecule has 0 aliphatic carbocycles. The molecule has 1 aromatic heterocycles. The minimum atomic E-state index is -0.0140. The molecule has 0 saturated carbocycles. The Labute approximate surface area is 114 Å². The lowest BCUT2D eigenvalue weighted by molar-refractivity contribution is -0.0894. The minimum Gasteiger partial charge on any atom is -0.378 e. The van der Waals surface area contributed by atoms with E-state index in [1.165, 1.54) is 11.1 Å².